The van der Waals surface area contributed by atoms with Crippen molar-refractivity contribution in [3.63, 3.8) is 0 Å². The Morgan fingerprint density at radius 1 is 1.09 bits per heavy atom. The highest BCUT2D eigenvalue weighted by molar-refractivity contribution is 6.39. The molecule has 0 aliphatic carbocycles. The number of hydrogen-bond donors (Lipinski definition) is 2. The highest BCUT2D eigenvalue weighted by Gasteiger charge is 2.25. The standard InChI is InChI=1S/C17H23N3O3/c1-11-7-9-20(10-8-11)17(23)16(22)19-15-6-4-5-14(12(15)2)18-13(3)21/h4-6,11H,7-10H2,1-3H3,(H,18,21)(H,19,22). The molecule has 6 heteroatoms. The van der Waals surface area contributed by atoms with Gasteiger partial charge in [0, 0.05) is 31.4 Å². The number of hydrogen-bond acceptors (Lipinski definition) is 3. The number of nitrogens with zero attached hydrogens (tertiary/aromatic N) is 1. The van der Waals surface area contributed by atoms with Gasteiger partial charge in [-0.2, -0.15) is 0 Å². The summed E-state index contributed by atoms with van der Waals surface area (Å²) in [5.41, 5.74) is 1.87. The van der Waals surface area contributed by atoms with Gasteiger partial charge < -0.3 is 15.5 Å². The third-order valence-electron chi connectivity index (χ3n) is 4.16. The predicted octanol–water partition coefficient (Wildman–Crippen LogP) is 2.15. The quantitative estimate of drug-likeness (QED) is 0.820. The number of rotatable bonds is 2. The van der Waals surface area contributed by atoms with Gasteiger partial charge in [0.15, 0.2) is 0 Å². The van der Waals surface area contributed by atoms with Crippen molar-refractivity contribution in [2.75, 3.05) is 23.7 Å². The van der Waals surface area contributed by atoms with Gasteiger partial charge in [-0.3, -0.25) is 14.4 Å². The molecule has 0 radical (unpaired) electrons. The fourth-order valence-electron chi connectivity index (χ4n) is 2.63. The number of carbonyl (C=O) groups is 3. The monoisotopic (exact) mass is 317 g/mol. The fraction of sp³-hybridized carbons (Fsp3) is 0.471. The summed E-state index contributed by atoms with van der Waals surface area (Å²) in [4.78, 5) is 37.2. The molecule has 0 spiro atoms. The second-order valence-electron chi connectivity index (χ2n) is 6.09. The minimum Gasteiger partial charge on any atom is -0.334 e. The Morgan fingerprint density at radius 3 is 2.22 bits per heavy atom. The first-order chi connectivity index (χ1) is 10.9. The lowest BCUT2D eigenvalue weighted by atomic mass is 9.99. The van der Waals surface area contributed by atoms with Gasteiger partial charge in [0.1, 0.15) is 0 Å². The van der Waals surface area contributed by atoms with Crippen LogP contribution in [0.5, 0.6) is 0 Å². The SMILES string of the molecule is CC(=O)Nc1cccc(NC(=O)C(=O)N2CCC(C)CC2)c1C. The van der Waals surface area contributed by atoms with Crippen molar-refractivity contribution >= 4 is 29.1 Å². The van der Waals surface area contributed by atoms with Crippen LogP contribution in [-0.4, -0.2) is 35.7 Å². The van der Waals surface area contributed by atoms with Crippen molar-refractivity contribution in [1.29, 1.82) is 0 Å². The van der Waals surface area contributed by atoms with Gasteiger partial charge in [-0.1, -0.05) is 13.0 Å². The maximum Gasteiger partial charge on any atom is 0.313 e. The highest BCUT2D eigenvalue weighted by atomic mass is 16.2. The van der Waals surface area contributed by atoms with Crippen molar-refractivity contribution in [3.05, 3.63) is 23.8 Å². The van der Waals surface area contributed by atoms with E-state index in [9.17, 15) is 14.4 Å². The van der Waals surface area contributed by atoms with Gasteiger partial charge in [-0.25, -0.2) is 0 Å². The molecule has 0 saturated carbocycles. The van der Waals surface area contributed by atoms with Crippen molar-refractivity contribution < 1.29 is 14.4 Å². The van der Waals surface area contributed by atoms with Gasteiger partial charge in [-0.05, 0) is 43.4 Å². The number of benzene rings is 1. The van der Waals surface area contributed by atoms with Crippen LogP contribution >= 0.6 is 0 Å². The molecule has 2 N–H and O–H groups in total. The third kappa shape index (κ3) is 4.31. The Labute approximate surface area is 136 Å². The Kier molecular flexibility index (Phi) is 5.36. The molecule has 1 aromatic rings. The minimum atomic E-state index is -0.636. The van der Waals surface area contributed by atoms with E-state index in [0.29, 0.717) is 30.4 Å². The van der Waals surface area contributed by atoms with E-state index in [1.807, 2.05) is 0 Å². The van der Waals surface area contributed by atoms with Crippen molar-refractivity contribution in [3.8, 4) is 0 Å². The average molecular weight is 317 g/mol. The van der Waals surface area contributed by atoms with E-state index in [1.165, 1.54) is 6.92 Å². The predicted molar refractivity (Wildman–Crippen MR) is 89.1 cm³/mol. The molecule has 0 aromatic heterocycles. The first-order valence-electron chi connectivity index (χ1n) is 7.86. The van der Waals surface area contributed by atoms with E-state index >= 15 is 0 Å². The summed E-state index contributed by atoms with van der Waals surface area (Å²) in [5, 5.41) is 5.35. The van der Waals surface area contributed by atoms with E-state index in [2.05, 4.69) is 17.6 Å². The van der Waals surface area contributed by atoms with Crippen LogP contribution < -0.4 is 10.6 Å². The molecule has 1 aliphatic rings. The van der Waals surface area contributed by atoms with Crippen LogP contribution in [0.15, 0.2) is 18.2 Å². The van der Waals surface area contributed by atoms with Crippen molar-refractivity contribution in [2.45, 2.75) is 33.6 Å². The van der Waals surface area contributed by atoms with Gasteiger partial charge in [0.25, 0.3) is 0 Å². The molecule has 1 aliphatic heterocycles. The fourth-order valence-corrected chi connectivity index (χ4v) is 2.63. The Bertz CT molecular complexity index is 620. The Balaban J connectivity index is 2.05. The molecule has 23 heavy (non-hydrogen) atoms. The maximum absolute atomic E-state index is 12.2. The normalized spacial score (nSPS) is 15.2. The summed E-state index contributed by atoms with van der Waals surface area (Å²) in [7, 11) is 0. The lowest BCUT2D eigenvalue weighted by molar-refractivity contribution is -0.144. The zero-order valence-electron chi connectivity index (χ0n) is 13.8. The lowest BCUT2D eigenvalue weighted by Gasteiger charge is -2.29. The smallest absolute Gasteiger partial charge is 0.313 e. The Morgan fingerprint density at radius 2 is 1.65 bits per heavy atom. The second-order valence-corrected chi connectivity index (χ2v) is 6.09. The van der Waals surface area contributed by atoms with Crippen LogP contribution in [0.1, 0.15) is 32.3 Å². The molecular weight excluding hydrogens is 294 g/mol. The summed E-state index contributed by atoms with van der Waals surface area (Å²) in [6, 6.07) is 5.19. The van der Waals surface area contributed by atoms with Crippen LogP contribution in [0.25, 0.3) is 0 Å². The summed E-state index contributed by atoms with van der Waals surface area (Å²) in [5.74, 6) is -0.724. The third-order valence-corrected chi connectivity index (χ3v) is 4.16. The van der Waals surface area contributed by atoms with Crippen molar-refractivity contribution in [2.24, 2.45) is 5.92 Å². The summed E-state index contributed by atoms with van der Waals surface area (Å²) in [6.07, 6.45) is 1.85. The molecule has 0 unspecified atom stereocenters. The van der Waals surface area contributed by atoms with E-state index in [4.69, 9.17) is 0 Å². The molecule has 124 valence electrons. The molecule has 1 fully saturated rings. The summed E-state index contributed by atoms with van der Waals surface area (Å²) < 4.78 is 0. The van der Waals surface area contributed by atoms with E-state index in [-0.39, 0.29) is 5.91 Å². The van der Waals surface area contributed by atoms with E-state index in [0.717, 1.165) is 18.4 Å². The molecule has 1 aromatic carbocycles. The zero-order chi connectivity index (χ0) is 17.0. The molecule has 1 heterocycles. The highest BCUT2D eigenvalue weighted by Crippen LogP contribution is 2.23. The van der Waals surface area contributed by atoms with Gasteiger partial charge in [-0.15, -0.1) is 0 Å². The molecule has 3 amide bonds. The topological polar surface area (TPSA) is 78.5 Å². The number of anilines is 2. The van der Waals surface area contributed by atoms with E-state index < -0.39 is 11.8 Å². The average Bonchev–Trinajstić information content (AvgIpc) is 2.51. The first-order valence-corrected chi connectivity index (χ1v) is 7.86. The van der Waals surface area contributed by atoms with Crippen LogP contribution in [0.2, 0.25) is 0 Å². The maximum atomic E-state index is 12.2. The zero-order valence-corrected chi connectivity index (χ0v) is 13.8. The Hall–Kier alpha value is -2.37. The summed E-state index contributed by atoms with van der Waals surface area (Å²) >= 11 is 0. The number of amides is 3. The van der Waals surface area contributed by atoms with Gasteiger partial charge in [0.05, 0.1) is 0 Å². The van der Waals surface area contributed by atoms with Crippen LogP contribution in [0.4, 0.5) is 11.4 Å². The number of likely N-dealkylation sites (tertiary alicyclic amines) is 1. The van der Waals surface area contributed by atoms with E-state index in [1.54, 1.807) is 30.0 Å². The number of piperidine rings is 1. The first kappa shape index (κ1) is 17.0. The minimum absolute atomic E-state index is 0.185. The van der Waals surface area contributed by atoms with Crippen LogP contribution in [0, 0.1) is 12.8 Å². The molecule has 6 nitrogen and oxygen atoms in total. The van der Waals surface area contributed by atoms with Gasteiger partial charge >= 0.3 is 11.8 Å². The molecule has 1 saturated heterocycles. The molecule has 0 atom stereocenters. The largest absolute Gasteiger partial charge is 0.334 e. The lowest BCUT2D eigenvalue weighted by Crippen LogP contribution is -2.43. The molecular formula is C17H23N3O3. The van der Waals surface area contributed by atoms with Crippen LogP contribution in [-0.2, 0) is 14.4 Å². The van der Waals surface area contributed by atoms with Gasteiger partial charge in [0.2, 0.25) is 5.91 Å². The molecule has 0 bridgehead atoms. The number of carbonyl (C=O) groups excluding carboxylic acids is 3. The van der Waals surface area contributed by atoms with Crippen molar-refractivity contribution in [1.82, 2.24) is 4.90 Å². The second kappa shape index (κ2) is 7.26. The summed E-state index contributed by atoms with van der Waals surface area (Å²) in [6.45, 7) is 6.61. The number of nitrogens with one attached hydrogen (secondary N) is 2. The van der Waals surface area contributed by atoms with Crippen LogP contribution in [0.3, 0.4) is 0 Å². The molecule has 2 rings (SSSR count).